The monoisotopic (exact) mass is 346 g/mol. The van der Waals surface area contributed by atoms with Gasteiger partial charge in [0.2, 0.25) is 0 Å². The average molecular weight is 346 g/mol. The van der Waals surface area contributed by atoms with E-state index in [2.05, 4.69) is 0 Å². The molecule has 0 aliphatic heterocycles. The lowest BCUT2D eigenvalue weighted by atomic mass is 9.90. The van der Waals surface area contributed by atoms with Crippen molar-refractivity contribution < 1.29 is 26.3 Å². The van der Waals surface area contributed by atoms with Crippen molar-refractivity contribution >= 4 is 0 Å². The quantitative estimate of drug-likeness (QED) is 0.554. The summed E-state index contributed by atoms with van der Waals surface area (Å²) in [7, 11) is 0. The summed E-state index contributed by atoms with van der Waals surface area (Å²) in [6.45, 7) is 0. The zero-order chi connectivity index (χ0) is 17.8. The number of hydrogen-bond donors (Lipinski definition) is 0. The zero-order valence-corrected chi connectivity index (χ0v) is 12.7. The second-order valence-electron chi connectivity index (χ2n) is 5.54. The van der Waals surface area contributed by atoms with Crippen LogP contribution in [-0.2, 0) is 12.8 Å². The first-order valence-corrected chi connectivity index (χ1v) is 7.45. The SMILES string of the molecule is FC(F)(F)CCc1cccc(-c2ccccc2)c1CCC(F)(F)F. The molecule has 0 heterocycles. The predicted octanol–water partition coefficient (Wildman–Crippen LogP) is 6.34. The molecule has 130 valence electrons. The van der Waals surface area contributed by atoms with Gasteiger partial charge in [-0.2, -0.15) is 26.3 Å². The first kappa shape index (κ1) is 18.4. The maximum atomic E-state index is 12.6. The Balaban J connectivity index is 2.39. The van der Waals surface area contributed by atoms with E-state index in [4.69, 9.17) is 0 Å². The molecule has 2 aromatic carbocycles. The molecule has 0 atom stereocenters. The summed E-state index contributed by atoms with van der Waals surface area (Å²) in [5.41, 5.74) is 1.91. The highest BCUT2D eigenvalue weighted by Gasteiger charge is 2.29. The van der Waals surface area contributed by atoms with Crippen LogP contribution in [0.15, 0.2) is 48.5 Å². The fourth-order valence-corrected chi connectivity index (χ4v) is 2.60. The van der Waals surface area contributed by atoms with E-state index in [1.807, 2.05) is 0 Å². The van der Waals surface area contributed by atoms with E-state index < -0.39 is 25.2 Å². The van der Waals surface area contributed by atoms with Gasteiger partial charge in [-0.05, 0) is 35.1 Å². The molecule has 0 saturated carbocycles. The van der Waals surface area contributed by atoms with Crippen LogP contribution in [0.3, 0.4) is 0 Å². The molecular formula is C18H16F6. The number of benzene rings is 2. The Labute approximate surface area is 136 Å². The van der Waals surface area contributed by atoms with Gasteiger partial charge < -0.3 is 0 Å². The molecular weight excluding hydrogens is 330 g/mol. The molecule has 2 aromatic rings. The molecule has 0 spiro atoms. The third-order valence-corrected chi connectivity index (χ3v) is 3.69. The van der Waals surface area contributed by atoms with Crippen LogP contribution in [0.5, 0.6) is 0 Å². The van der Waals surface area contributed by atoms with Crippen LogP contribution in [0.4, 0.5) is 26.3 Å². The molecule has 0 aliphatic carbocycles. The minimum absolute atomic E-state index is 0.318. The first-order valence-electron chi connectivity index (χ1n) is 7.45. The van der Waals surface area contributed by atoms with Gasteiger partial charge in [-0.15, -0.1) is 0 Å². The second kappa shape index (κ2) is 7.28. The molecule has 0 radical (unpaired) electrons. The fraction of sp³-hybridized carbons (Fsp3) is 0.333. The maximum Gasteiger partial charge on any atom is 0.389 e. The van der Waals surface area contributed by atoms with E-state index in [1.54, 1.807) is 42.5 Å². The van der Waals surface area contributed by atoms with E-state index in [0.717, 1.165) is 0 Å². The fourth-order valence-electron chi connectivity index (χ4n) is 2.60. The summed E-state index contributed by atoms with van der Waals surface area (Å²) in [6, 6.07) is 13.4. The van der Waals surface area contributed by atoms with Crippen molar-refractivity contribution in [2.45, 2.75) is 38.0 Å². The van der Waals surface area contributed by atoms with Crippen LogP contribution < -0.4 is 0 Å². The smallest absolute Gasteiger partial charge is 0.171 e. The summed E-state index contributed by atoms with van der Waals surface area (Å²) in [5.74, 6) is 0. The molecule has 2 rings (SSSR count). The Morgan fingerprint density at radius 2 is 1.21 bits per heavy atom. The van der Waals surface area contributed by atoms with Crippen molar-refractivity contribution in [1.82, 2.24) is 0 Å². The van der Waals surface area contributed by atoms with E-state index in [-0.39, 0.29) is 12.8 Å². The van der Waals surface area contributed by atoms with Crippen LogP contribution >= 0.6 is 0 Å². The molecule has 0 aliphatic rings. The van der Waals surface area contributed by atoms with Gasteiger partial charge in [0.05, 0.1) is 0 Å². The van der Waals surface area contributed by atoms with Crippen molar-refractivity contribution in [1.29, 1.82) is 0 Å². The molecule has 0 fully saturated rings. The Bertz CT molecular complexity index is 655. The Morgan fingerprint density at radius 3 is 1.79 bits per heavy atom. The average Bonchev–Trinajstić information content (AvgIpc) is 2.50. The molecule has 24 heavy (non-hydrogen) atoms. The molecule has 0 unspecified atom stereocenters. The molecule has 0 nitrogen and oxygen atoms in total. The molecule has 0 bridgehead atoms. The van der Waals surface area contributed by atoms with Crippen LogP contribution in [-0.4, -0.2) is 12.4 Å². The van der Waals surface area contributed by atoms with Crippen molar-refractivity contribution in [3.8, 4) is 11.1 Å². The molecule has 6 heteroatoms. The van der Waals surface area contributed by atoms with Crippen LogP contribution in [0.25, 0.3) is 11.1 Å². The Kier molecular flexibility index (Phi) is 5.57. The lowest BCUT2D eigenvalue weighted by Gasteiger charge is -2.17. The van der Waals surface area contributed by atoms with E-state index in [1.165, 1.54) is 6.07 Å². The van der Waals surface area contributed by atoms with Crippen molar-refractivity contribution in [2.75, 3.05) is 0 Å². The van der Waals surface area contributed by atoms with E-state index in [9.17, 15) is 26.3 Å². The topological polar surface area (TPSA) is 0 Å². The zero-order valence-electron chi connectivity index (χ0n) is 12.7. The van der Waals surface area contributed by atoms with Gasteiger partial charge in [0.1, 0.15) is 0 Å². The van der Waals surface area contributed by atoms with Gasteiger partial charge in [0, 0.05) is 12.8 Å². The van der Waals surface area contributed by atoms with E-state index in [0.29, 0.717) is 22.3 Å². The highest BCUT2D eigenvalue weighted by Crippen LogP contribution is 2.32. The predicted molar refractivity (Wildman–Crippen MR) is 80.6 cm³/mol. The van der Waals surface area contributed by atoms with Crippen molar-refractivity contribution in [3.63, 3.8) is 0 Å². The van der Waals surface area contributed by atoms with Crippen LogP contribution in [0, 0.1) is 0 Å². The van der Waals surface area contributed by atoms with Gasteiger partial charge in [0.25, 0.3) is 0 Å². The number of hydrogen-bond acceptors (Lipinski definition) is 0. The van der Waals surface area contributed by atoms with Gasteiger partial charge in [-0.25, -0.2) is 0 Å². The lowest BCUT2D eigenvalue weighted by molar-refractivity contribution is -0.135. The molecule has 0 N–H and O–H groups in total. The number of halogens is 6. The van der Waals surface area contributed by atoms with Gasteiger partial charge in [-0.3, -0.25) is 0 Å². The minimum atomic E-state index is -4.36. The minimum Gasteiger partial charge on any atom is -0.171 e. The molecule has 0 aromatic heterocycles. The highest BCUT2D eigenvalue weighted by molar-refractivity contribution is 5.68. The standard InChI is InChI=1S/C18H16F6/c19-17(20,21)11-9-14-7-4-8-15(13-5-2-1-3-6-13)16(14)10-12-18(22,23)24/h1-8H,9-12H2. The summed E-state index contributed by atoms with van der Waals surface area (Å²) in [5, 5.41) is 0. The van der Waals surface area contributed by atoms with Gasteiger partial charge >= 0.3 is 12.4 Å². The third kappa shape index (κ3) is 5.58. The highest BCUT2D eigenvalue weighted by atomic mass is 19.4. The van der Waals surface area contributed by atoms with Crippen molar-refractivity contribution in [3.05, 3.63) is 59.7 Å². The lowest BCUT2D eigenvalue weighted by Crippen LogP contribution is -2.12. The largest absolute Gasteiger partial charge is 0.389 e. The Morgan fingerprint density at radius 1 is 0.625 bits per heavy atom. The normalized spacial score (nSPS) is 12.4. The van der Waals surface area contributed by atoms with Gasteiger partial charge in [0.15, 0.2) is 0 Å². The molecule has 0 saturated heterocycles. The first-order chi connectivity index (χ1) is 11.2. The number of alkyl halides is 6. The maximum absolute atomic E-state index is 12.6. The summed E-state index contributed by atoms with van der Waals surface area (Å²) < 4.78 is 75.3. The number of rotatable bonds is 5. The summed E-state index contributed by atoms with van der Waals surface area (Å²) in [4.78, 5) is 0. The summed E-state index contributed by atoms with van der Waals surface area (Å²) in [6.07, 6.45) is -11.5. The Hall–Kier alpha value is -1.98. The number of aryl methyl sites for hydroxylation is 1. The molecule has 0 amide bonds. The van der Waals surface area contributed by atoms with Crippen LogP contribution in [0.1, 0.15) is 24.0 Å². The van der Waals surface area contributed by atoms with Crippen molar-refractivity contribution in [2.24, 2.45) is 0 Å². The third-order valence-electron chi connectivity index (χ3n) is 3.69. The summed E-state index contributed by atoms with van der Waals surface area (Å²) >= 11 is 0. The van der Waals surface area contributed by atoms with Crippen LogP contribution in [0.2, 0.25) is 0 Å². The van der Waals surface area contributed by atoms with E-state index >= 15 is 0 Å². The van der Waals surface area contributed by atoms with Gasteiger partial charge in [-0.1, -0.05) is 48.5 Å². The second-order valence-corrected chi connectivity index (χ2v) is 5.54.